The number of alkyl halides is 1. The van der Waals surface area contributed by atoms with Gasteiger partial charge in [-0.25, -0.2) is 0 Å². The molecule has 3 unspecified atom stereocenters. The van der Waals surface area contributed by atoms with Gasteiger partial charge in [-0.2, -0.15) is 0 Å². The molecule has 27 heavy (non-hydrogen) atoms. The molecule has 0 bridgehead atoms. The van der Waals surface area contributed by atoms with Gasteiger partial charge in [-0.1, -0.05) is 36.2 Å². The number of nitrogens with zero attached hydrogens (tertiary/aromatic N) is 1. The summed E-state index contributed by atoms with van der Waals surface area (Å²) in [4.78, 5) is 14.9. The summed E-state index contributed by atoms with van der Waals surface area (Å²) < 4.78 is 12.2. The molecule has 0 N–H and O–H groups in total. The Morgan fingerprint density at radius 1 is 1.04 bits per heavy atom. The molecule has 5 heteroatoms. The van der Waals surface area contributed by atoms with E-state index in [1.807, 2.05) is 7.05 Å². The lowest BCUT2D eigenvalue weighted by Crippen LogP contribution is -2.69. The number of halogens is 1. The summed E-state index contributed by atoms with van der Waals surface area (Å²) in [6.45, 7) is 6.44. The Labute approximate surface area is 171 Å². The van der Waals surface area contributed by atoms with Crippen molar-refractivity contribution in [1.82, 2.24) is 4.90 Å². The summed E-state index contributed by atoms with van der Waals surface area (Å²) in [5, 5.41) is 0. The first kappa shape index (κ1) is 18.9. The van der Waals surface area contributed by atoms with E-state index in [0.717, 1.165) is 12.3 Å². The van der Waals surface area contributed by atoms with Crippen molar-refractivity contribution >= 4 is 21.8 Å². The van der Waals surface area contributed by atoms with E-state index in [9.17, 15) is 4.79 Å². The maximum atomic E-state index is 12.6. The average molecular weight is 440 g/mol. The van der Waals surface area contributed by atoms with E-state index in [4.69, 9.17) is 9.47 Å². The maximum absolute atomic E-state index is 12.6. The number of carbonyl (C=O) groups excluding carboxylic acids is 1. The number of hydrogen-bond acceptors (Lipinski definition) is 3. The molecule has 0 spiro atoms. The van der Waals surface area contributed by atoms with Crippen molar-refractivity contribution in [2.75, 3.05) is 20.3 Å². The van der Waals surface area contributed by atoms with Crippen LogP contribution < -0.4 is 0 Å². The lowest BCUT2D eigenvalue weighted by atomic mass is 9.45. The number of fused-ring (bicyclic) bond motifs is 5. The number of piperidine rings is 1. The lowest BCUT2D eigenvalue weighted by Gasteiger charge is -2.65. The smallest absolute Gasteiger partial charge is 0.222 e. The van der Waals surface area contributed by atoms with Crippen LogP contribution in [0, 0.1) is 34.5 Å². The van der Waals surface area contributed by atoms with Crippen molar-refractivity contribution in [3.8, 4) is 0 Å². The fourth-order valence-electron chi connectivity index (χ4n) is 8.12. The van der Waals surface area contributed by atoms with Gasteiger partial charge in [0.2, 0.25) is 5.91 Å². The number of amides is 1. The van der Waals surface area contributed by atoms with Gasteiger partial charge < -0.3 is 14.4 Å². The van der Waals surface area contributed by atoms with E-state index < -0.39 is 0 Å². The van der Waals surface area contributed by atoms with Crippen LogP contribution in [-0.2, 0) is 14.3 Å². The zero-order valence-electron chi connectivity index (χ0n) is 17.0. The van der Waals surface area contributed by atoms with Crippen LogP contribution in [0.15, 0.2) is 0 Å². The molecule has 3 aliphatic carbocycles. The van der Waals surface area contributed by atoms with Crippen LogP contribution >= 0.6 is 15.9 Å². The molecule has 5 rings (SSSR count). The monoisotopic (exact) mass is 439 g/mol. The Kier molecular flexibility index (Phi) is 4.50. The van der Waals surface area contributed by atoms with Gasteiger partial charge in [0.15, 0.2) is 6.29 Å². The zero-order chi connectivity index (χ0) is 19.0. The molecule has 152 valence electrons. The van der Waals surface area contributed by atoms with Gasteiger partial charge >= 0.3 is 0 Å². The number of ether oxygens (including phenoxy) is 2. The largest absolute Gasteiger partial charge is 0.350 e. The molecule has 0 aromatic carbocycles. The van der Waals surface area contributed by atoms with E-state index in [0.29, 0.717) is 48.7 Å². The molecule has 3 saturated carbocycles. The minimum atomic E-state index is -0.111. The van der Waals surface area contributed by atoms with Crippen LogP contribution in [0.1, 0.15) is 58.8 Å². The Morgan fingerprint density at radius 2 is 1.78 bits per heavy atom. The van der Waals surface area contributed by atoms with E-state index in [1.165, 1.54) is 32.1 Å². The Hall–Kier alpha value is -0.130. The van der Waals surface area contributed by atoms with E-state index in [2.05, 4.69) is 34.7 Å². The van der Waals surface area contributed by atoms with Gasteiger partial charge in [-0.15, -0.1) is 0 Å². The average Bonchev–Trinajstić information content (AvgIpc) is 3.28. The highest BCUT2D eigenvalue weighted by Gasteiger charge is 2.66. The molecule has 8 atom stereocenters. The summed E-state index contributed by atoms with van der Waals surface area (Å²) >= 11 is 4.13. The standard InChI is InChI=1S/C22H34BrNO3/c1-21-8-4-5-13(21)16-14(6-9-21)22(2)10-7-15(25)24(3)19(22)18(23)17(16)20-26-11-12-27-20/h13-14,16-20H,4-12H2,1-3H3/t13-,14+,16-,17?,18?,19?,21-,22+/m0/s1. The van der Waals surface area contributed by atoms with Gasteiger partial charge in [0, 0.05) is 30.3 Å². The normalized spacial score (nSPS) is 53.2. The fraction of sp³-hybridized carbons (Fsp3) is 0.955. The van der Waals surface area contributed by atoms with Gasteiger partial charge in [-0.3, -0.25) is 4.79 Å². The number of hydrogen-bond donors (Lipinski definition) is 0. The third-order valence-electron chi connectivity index (χ3n) is 9.40. The Morgan fingerprint density at radius 3 is 2.52 bits per heavy atom. The highest BCUT2D eigenvalue weighted by molar-refractivity contribution is 9.09. The lowest BCUT2D eigenvalue weighted by molar-refractivity contribution is -0.198. The molecule has 0 aromatic heterocycles. The minimum absolute atomic E-state index is 0.111. The molecule has 1 amide bonds. The first-order valence-electron chi connectivity index (χ1n) is 11.0. The van der Waals surface area contributed by atoms with Crippen LogP contribution in [0.4, 0.5) is 0 Å². The van der Waals surface area contributed by atoms with Crippen LogP contribution in [0.25, 0.3) is 0 Å². The molecule has 5 aliphatic rings. The molecular weight excluding hydrogens is 406 g/mol. The van der Waals surface area contributed by atoms with Crippen molar-refractivity contribution in [2.45, 2.75) is 76.0 Å². The summed E-state index contributed by atoms with van der Waals surface area (Å²) in [5.74, 6) is 2.72. The molecule has 2 heterocycles. The third kappa shape index (κ3) is 2.56. The number of likely N-dealkylation sites (tertiary alicyclic amines) is 1. The summed E-state index contributed by atoms with van der Waals surface area (Å²) in [6, 6.07) is 0.239. The van der Waals surface area contributed by atoms with E-state index >= 15 is 0 Å². The first-order valence-corrected chi connectivity index (χ1v) is 11.9. The van der Waals surface area contributed by atoms with Crippen molar-refractivity contribution in [3.63, 3.8) is 0 Å². The second-order valence-electron chi connectivity index (χ2n) is 10.5. The zero-order valence-corrected chi connectivity index (χ0v) is 18.5. The van der Waals surface area contributed by atoms with Crippen LogP contribution in [0.3, 0.4) is 0 Å². The van der Waals surface area contributed by atoms with Gasteiger partial charge in [0.05, 0.1) is 13.2 Å². The number of carbonyl (C=O) groups is 1. The topological polar surface area (TPSA) is 38.8 Å². The van der Waals surface area contributed by atoms with Crippen molar-refractivity contribution < 1.29 is 14.3 Å². The molecule has 4 nitrogen and oxygen atoms in total. The summed E-state index contributed by atoms with van der Waals surface area (Å²) in [5.41, 5.74) is 0.685. The van der Waals surface area contributed by atoms with Gasteiger partial charge in [0.1, 0.15) is 0 Å². The maximum Gasteiger partial charge on any atom is 0.222 e. The number of rotatable bonds is 1. The van der Waals surface area contributed by atoms with Crippen LogP contribution in [-0.4, -0.2) is 48.2 Å². The minimum Gasteiger partial charge on any atom is -0.350 e. The molecule has 5 fully saturated rings. The quantitative estimate of drug-likeness (QED) is 0.574. The van der Waals surface area contributed by atoms with Crippen LogP contribution in [0.5, 0.6) is 0 Å². The molecule has 0 radical (unpaired) electrons. The second-order valence-corrected chi connectivity index (χ2v) is 11.5. The van der Waals surface area contributed by atoms with E-state index in [-0.39, 0.29) is 22.6 Å². The highest BCUT2D eigenvalue weighted by Crippen LogP contribution is 2.67. The third-order valence-corrected chi connectivity index (χ3v) is 10.5. The molecule has 2 aliphatic heterocycles. The SMILES string of the molecule is CN1C(=O)CC[C@@]2(C)C1C(Br)C(C1OCCO1)[C@@H]1[C@H]2CC[C@]2(C)CCC[C@@H]12. The highest BCUT2D eigenvalue weighted by atomic mass is 79.9. The summed E-state index contributed by atoms with van der Waals surface area (Å²) in [7, 11) is 2.02. The fourth-order valence-corrected chi connectivity index (χ4v) is 9.68. The predicted octanol–water partition coefficient (Wildman–Crippen LogP) is 4.21. The van der Waals surface area contributed by atoms with Crippen molar-refractivity contribution in [3.05, 3.63) is 0 Å². The Balaban J connectivity index is 1.60. The second kappa shape index (κ2) is 6.43. The van der Waals surface area contributed by atoms with Crippen molar-refractivity contribution in [2.24, 2.45) is 34.5 Å². The summed E-state index contributed by atoms with van der Waals surface area (Å²) in [6.07, 6.45) is 8.39. The van der Waals surface area contributed by atoms with Gasteiger partial charge in [0.25, 0.3) is 0 Å². The van der Waals surface area contributed by atoms with Crippen molar-refractivity contribution in [1.29, 1.82) is 0 Å². The molecule has 0 aromatic rings. The van der Waals surface area contributed by atoms with Gasteiger partial charge in [-0.05, 0) is 60.7 Å². The molecular formula is C22H34BrNO3. The predicted molar refractivity (Wildman–Crippen MR) is 107 cm³/mol. The van der Waals surface area contributed by atoms with E-state index in [1.54, 1.807) is 0 Å². The molecule has 2 saturated heterocycles. The first-order chi connectivity index (χ1) is 12.9. The Bertz CT molecular complexity index is 623. The van der Waals surface area contributed by atoms with Crippen LogP contribution in [0.2, 0.25) is 0 Å².